The van der Waals surface area contributed by atoms with E-state index in [9.17, 15) is 8.42 Å². The number of nitrogens with zero attached hydrogens (tertiary/aromatic N) is 2. The van der Waals surface area contributed by atoms with Gasteiger partial charge in [-0.15, -0.1) is 0 Å². The monoisotopic (exact) mass is 452 g/mol. The molecular formula is C25H32N4O2S. The highest BCUT2D eigenvalue weighted by atomic mass is 32.2. The van der Waals surface area contributed by atoms with Crippen molar-refractivity contribution in [2.24, 2.45) is 5.14 Å². The zero-order chi connectivity index (χ0) is 23.1. The van der Waals surface area contributed by atoms with Crippen molar-refractivity contribution in [3.05, 3.63) is 83.9 Å². The summed E-state index contributed by atoms with van der Waals surface area (Å²) in [5.74, 6) is 0. The van der Waals surface area contributed by atoms with Gasteiger partial charge in [-0.25, -0.2) is 13.6 Å². The molecule has 0 aromatic heterocycles. The van der Waals surface area contributed by atoms with Gasteiger partial charge < -0.3 is 15.5 Å². The summed E-state index contributed by atoms with van der Waals surface area (Å²) in [6.07, 6.45) is 3.45. The number of benzene rings is 3. The molecule has 0 atom stereocenters. The molecule has 32 heavy (non-hydrogen) atoms. The van der Waals surface area contributed by atoms with Gasteiger partial charge in [0.2, 0.25) is 10.0 Å². The molecule has 3 aromatic carbocycles. The lowest BCUT2D eigenvalue weighted by molar-refractivity contribution is 0.402. The fraction of sp³-hybridized carbons (Fsp3) is 0.280. The number of rotatable bonds is 5. The molecule has 0 fully saturated rings. The van der Waals surface area contributed by atoms with Gasteiger partial charge in [-0.3, -0.25) is 0 Å². The summed E-state index contributed by atoms with van der Waals surface area (Å²) in [6.45, 7) is 2.20. The lowest BCUT2D eigenvalue weighted by Gasteiger charge is -2.27. The largest absolute Gasteiger partial charge is 0.399 e. The highest BCUT2D eigenvalue weighted by molar-refractivity contribution is 7.89. The SMILES string of the molecule is CN(C)CCCN1c2ccccc2CCc2ccccc21.Nc1ccc(S(N)(=O)=O)cc1. The Kier molecular flexibility index (Phi) is 7.90. The zero-order valence-electron chi connectivity index (χ0n) is 18.7. The number of fused-ring (bicyclic) bond motifs is 2. The topological polar surface area (TPSA) is 92.7 Å². The molecule has 4 rings (SSSR count). The third kappa shape index (κ3) is 6.32. The van der Waals surface area contributed by atoms with Crippen LogP contribution >= 0.6 is 0 Å². The minimum atomic E-state index is -3.58. The van der Waals surface area contributed by atoms with Crippen LogP contribution < -0.4 is 15.8 Å². The number of nitrogen functional groups attached to an aromatic ring is 1. The zero-order valence-corrected chi connectivity index (χ0v) is 19.6. The maximum atomic E-state index is 10.7. The molecule has 4 N–H and O–H groups in total. The number of nitrogens with two attached hydrogens (primary N) is 2. The first-order valence-electron chi connectivity index (χ1n) is 10.7. The summed E-state index contributed by atoms with van der Waals surface area (Å²) in [7, 11) is 0.711. The second-order valence-corrected chi connectivity index (χ2v) is 9.74. The normalized spacial score (nSPS) is 12.9. The molecule has 170 valence electrons. The molecule has 0 aliphatic carbocycles. The van der Waals surface area contributed by atoms with Gasteiger partial charge >= 0.3 is 0 Å². The van der Waals surface area contributed by atoms with E-state index in [2.05, 4.69) is 72.4 Å². The first kappa shape index (κ1) is 23.8. The Labute approximate surface area is 191 Å². The fourth-order valence-corrected chi connectivity index (χ4v) is 4.33. The van der Waals surface area contributed by atoms with E-state index in [-0.39, 0.29) is 4.90 Å². The predicted octanol–water partition coefficient (Wildman–Crippen LogP) is 3.79. The number of aryl methyl sites for hydroxylation is 2. The molecule has 1 aliphatic rings. The second-order valence-electron chi connectivity index (χ2n) is 8.18. The lowest BCUT2D eigenvalue weighted by Crippen LogP contribution is -2.23. The van der Waals surface area contributed by atoms with Gasteiger partial charge in [-0.2, -0.15) is 0 Å². The van der Waals surface area contributed by atoms with Crippen molar-refractivity contribution in [1.82, 2.24) is 4.90 Å². The summed E-state index contributed by atoms with van der Waals surface area (Å²) < 4.78 is 21.4. The number of hydrogen-bond donors (Lipinski definition) is 2. The standard InChI is InChI=1S/C19H24N2.C6H8N2O2S/c1-20(2)14-7-15-21-18-10-5-3-8-16(18)12-13-17-9-4-6-11-19(17)21;7-5-1-3-6(4-2-5)11(8,9)10/h3-6,8-11H,7,12-15H2,1-2H3;1-4H,7H2,(H2,8,9,10). The quantitative estimate of drug-likeness (QED) is 0.575. The van der Waals surface area contributed by atoms with Crippen molar-refractivity contribution in [1.29, 1.82) is 0 Å². The van der Waals surface area contributed by atoms with E-state index in [4.69, 9.17) is 10.9 Å². The van der Waals surface area contributed by atoms with Crippen LogP contribution in [0.15, 0.2) is 77.7 Å². The van der Waals surface area contributed by atoms with Gasteiger partial charge in [-0.05, 0) is 87.4 Å². The van der Waals surface area contributed by atoms with Crippen LogP contribution in [-0.4, -0.2) is 40.5 Å². The lowest BCUT2D eigenvalue weighted by atomic mass is 10.0. The second kappa shape index (κ2) is 10.6. The van der Waals surface area contributed by atoms with E-state index in [0.29, 0.717) is 5.69 Å². The van der Waals surface area contributed by atoms with E-state index in [1.54, 1.807) is 0 Å². The van der Waals surface area contributed by atoms with Gasteiger partial charge in [0.1, 0.15) is 0 Å². The van der Waals surface area contributed by atoms with Crippen LogP contribution in [0.4, 0.5) is 17.1 Å². The molecular weight excluding hydrogens is 420 g/mol. The molecule has 3 aromatic rings. The number of hydrogen-bond acceptors (Lipinski definition) is 5. The molecule has 0 unspecified atom stereocenters. The fourth-order valence-electron chi connectivity index (χ4n) is 3.81. The van der Waals surface area contributed by atoms with Crippen molar-refractivity contribution >= 4 is 27.1 Å². The van der Waals surface area contributed by atoms with E-state index < -0.39 is 10.0 Å². The Hall–Kier alpha value is -2.87. The molecule has 1 aliphatic heterocycles. The molecule has 1 heterocycles. The van der Waals surface area contributed by atoms with E-state index in [1.807, 2.05) is 0 Å². The summed E-state index contributed by atoms with van der Waals surface area (Å²) in [5, 5.41) is 4.84. The average molecular weight is 453 g/mol. The third-order valence-electron chi connectivity index (χ3n) is 5.42. The van der Waals surface area contributed by atoms with Gasteiger partial charge in [-0.1, -0.05) is 36.4 Å². The van der Waals surface area contributed by atoms with Crippen molar-refractivity contribution < 1.29 is 8.42 Å². The van der Waals surface area contributed by atoms with Gasteiger partial charge in [0.25, 0.3) is 0 Å². The minimum Gasteiger partial charge on any atom is -0.399 e. The van der Waals surface area contributed by atoms with Crippen LogP contribution in [-0.2, 0) is 22.9 Å². The maximum absolute atomic E-state index is 10.7. The van der Waals surface area contributed by atoms with Gasteiger partial charge in [0.15, 0.2) is 0 Å². The smallest absolute Gasteiger partial charge is 0.238 e. The predicted molar refractivity (Wildman–Crippen MR) is 133 cm³/mol. The molecule has 7 heteroatoms. The first-order chi connectivity index (χ1) is 15.3. The van der Waals surface area contributed by atoms with Crippen LogP contribution in [0.5, 0.6) is 0 Å². The minimum absolute atomic E-state index is 0.0756. The van der Waals surface area contributed by atoms with E-state index in [1.165, 1.54) is 53.2 Å². The Morgan fingerprint density at radius 1 is 0.844 bits per heavy atom. The third-order valence-corrected chi connectivity index (χ3v) is 6.35. The summed E-state index contributed by atoms with van der Waals surface area (Å²) in [4.78, 5) is 4.85. The Morgan fingerprint density at radius 2 is 1.34 bits per heavy atom. The van der Waals surface area contributed by atoms with Gasteiger partial charge in [0.05, 0.1) is 4.90 Å². The molecule has 0 saturated heterocycles. The van der Waals surface area contributed by atoms with Crippen LogP contribution in [0.2, 0.25) is 0 Å². The van der Waals surface area contributed by atoms with E-state index in [0.717, 1.165) is 25.9 Å². The van der Waals surface area contributed by atoms with Crippen LogP contribution in [0.3, 0.4) is 0 Å². The van der Waals surface area contributed by atoms with Crippen molar-refractivity contribution in [3.63, 3.8) is 0 Å². The molecule has 0 bridgehead atoms. The molecule has 0 saturated carbocycles. The summed E-state index contributed by atoms with van der Waals surface area (Å²) in [5.41, 5.74) is 11.6. The highest BCUT2D eigenvalue weighted by Gasteiger charge is 2.19. The average Bonchev–Trinajstić information content (AvgIpc) is 2.91. The molecule has 0 amide bonds. The number of sulfonamides is 1. The highest BCUT2D eigenvalue weighted by Crippen LogP contribution is 2.35. The van der Waals surface area contributed by atoms with Crippen LogP contribution in [0.25, 0.3) is 0 Å². The van der Waals surface area contributed by atoms with Crippen molar-refractivity contribution in [3.8, 4) is 0 Å². The molecule has 6 nitrogen and oxygen atoms in total. The van der Waals surface area contributed by atoms with Crippen molar-refractivity contribution in [2.75, 3.05) is 37.8 Å². The molecule has 0 spiro atoms. The Morgan fingerprint density at radius 3 is 1.81 bits per heavy atom. The van der Waals surface area contributed by atoms with Crippen LogP contribution in [0.1, 0.15) is 17.5 Å². The summed E-state index contributed by atoms with van der Waals surface area (Å²) in [6, 6.07) is 23.4. The Bertz CT molecular complexity index is 1080. The number of anilines is 3. The van der Waals surface area contributed by atoms with E-state index >= 15 is 0 Å². The first-order valence-corrected chi connectivity index (χ1v) is 12.3. The number of primary sulfonamides is 1. The van der Waals surface area contributed by atoms with Crippen LogP contribution in [0, 0.1) is 0 Å². The molecule has 0 radical (unpaired) electrons. The Balaban J connectivity index is 0.000000222. The maximum Gasteiger partial charge on any atom is 0.238 e. The van der Waals surface area contributed by atoms with Gasteiger partial charge in [0, 0.05) is 23.6 Å². The summed E-state index contributed by atoms with van der Waals surface area (Å²) >= 11 is 0. The van der Waals surface area contributed by atoms with Crippen molar-refractivity contribution in [2.45, 2.75) is 24.2 Å². The number of para-hydroxylation sites is 2.